The van der Waals surface area contributed by atoms with E-state index < -0.39 is 0 Å². The maximum Gasteiger partial charge on any atom is 0.235 e. The SMILES string of the molecule is CC(C)Cn1c(SCC(=O)Nc2sc3c(c2C#N)CCCC3)nnc1-c1ccccc1F. The maximum absolute atomic E-state index is 14.4. The number of carbonyl (C=O) groups is 1. The van der Waals surface area contributed by atoms with Crippen molar-refractivity contribution in [3.8, 4) is 17.5 Å². The number of nitriles is 1. The Kier molecular flexibility index (Phi) is 6.92. The van der Waals surface area contributed by atoms with E-state index >= 15 is 0 Å². The fourth-order valence-electron chi connectivity index (χ4n) is 3.83. The molecule has 4 rings (SSSR count). The van der Waals surface area contributed by atoms with Gasteiger partial charge < -0.3 is 9.88 Å². The van der Waals surface area contributed by atoms with Crippen LogP contribution in [0.3, 0.4) is 0 Å². The molecule has 9 heteroatoms. The summed E-state index contributed by atoms with van der Waals surface area (Å²) in [6.07, 6.45) is 4.07. The molecular formula is C23H24FN5OS2. The molecule has 0 unspecified atom stereocenters. The number of nitrogens with one attached hydrogen (secondary N) is 1. The first kappa shape index (κ1) is 22.5. The van der Waals surface area contributed by atoms with Crippen LogP contribution in [0.25, 0.3) is 11.4 Å². The molecule has 0 saturated carbocycles. The molecule has 0 atom stereocenters. The third kappa shape index (κ3) is 4.71. The number of hydrogen-bond donors (Lipinski definition) is 1. The number of nitrogens with zero attached hydrogens (tertiary/aromatic N) is 4. The highest BCUT2D eigenvalue weighted by Crippen LogP contribution is 2.37. The van der Waals surface area contributed by atoms with Gasteiger partial charge in [-0.15, -0.1) is 21.5 Å². The topological polar surface area (TPSA) is 83.6 Å². The molecule has 32 heavy (non-hydrogen) atoms. The fraction of sp³-hybridized carbons (Fsp3) is 0.391. The first-order chi connectivity index (χ1) is 15.5. The van der Waals surface area contributed by atoms with E-state index in [1.165, 1.54) is 34.0 Å². The van der Waals surface area contributed by atoms with Crippen LogP contribution in [0.5, 0.6) is 0 Å². The van der Waals surface area contributed by atoms with Crippen molar-refractivity contribution in [1.82, 2.24) is 14.8 Å². The lowest BCUT2D eigenvalue weighted by molar-refractivity contribution is -0.113. The van der Waals surface area contributed by atoms with Crippen LogP contribution < -0.4 is 5.32 Å². The lowest BCUT2D eigenvalue weighted by Gasteiger charge is -2.13. The zero-order valence-electron chi connectivity index (χ0n) is 18.0. The van der Waals surface area contributed by atoms with Crippen molar-refractivity contribution < 1.29 is 9.18 Å². The van der Waals surface area contributed by atoms with E-state index in [-0.39, 0.29) is 17.5 Å². The Morgan fingerprint density at radius 1 is 1.31 bits per heavy atom. The largest absolute Gasteiger partial charge is 0.316 e. The van der Waals surface area contributed by atoms with Gasteiger partial charge in [-0.1, -0.05) is 37.7 Å². The summed E-state index contributed by atoms with van der Waals surface area (Å²) in [4.78, 5) is 13.9. The molecule has 166 valence electrons. The summed E-state index contributed by atoms with van der Waals surface area (Å²) in [6, 6.07) is 8.75. The third-order valence-electron chi connectivity index (χ3n) is 5.25. The van der Waals surface area contributed by atoms with Crippen molar-refractivity contribution >= 4 is 34.0 Å². The summed E-state index contributed by atoms with van der Waals surface area (Å²) < 4.78 is 16.2. The number of thiophene rings is 1. The van der Waals surface area contributed by atoms with Gasteiger partial charge >= 0.3 is 0 Å². The van der Waals surface area contributed by atoms with Gasteiger partial charge in [-0.05, 0) is 49.3 Å². The van der Waals surface area contributed by atoms with E-state index in [9.17, 15) is 14.4 Å². The Labute approximate surface area is 194 Å². The van der Waals surface area contributed by atoms with Crippen molar-refractivity contribution in [2.75, 3.05) is 11.1 Å². The number of benzene rings is 1. The smallest absolute Gasteiger partial charge is 0.235 e. The fourth-order valence-corrected chi connectivity index (χ4v) is 5.84. The number of aryl methyl sites for hydroxylation is 1. The van der Waals surface area contributed by atoms with Gasteiger partial charge in [-0.2, -0.15) is 5.26 Å². The van der Waals surface area contributed by atoms with Crippen molar-refractivity contribution in [2.45, 2.75) is 51.2 Å². The minimum absolute atomic E-state index is 0.126. The number of aromatic nitrogens is 3. The number of fused-ring (bicyclic) bond motifs is 1. The average molecular weight is 470 g/mol. The summed E-state index contributed by atoms with van der Waals surface area (Å²) >= 11 is 2.78. The number of carbonyl (C=O) groups excluding carboxylic acids is 1. The predicted octanol–water partition coefficient (Wildman–Crippen LogP) is 5.28. The van der Waals surface area contributed by atoms with Gasteiger partial charge in [0.15, 0.2) is 11.0 Å². The summed E-state index contributed by atoms with van der Waals surface area (Å²) in [5.41, 5.74) is 2.09. The van der Waals surface area contributed by atoms with Crippen LogP contribution in [0.1, 0.15) is 42.7 Å². The van der Waals surface area contributed by atoms with Gasteiger partial charge in [0.2, 0.25) is 5.91 Å². The zero-order chi connectivity index (χ0) is 22.7. The molecule has 0 radical (unpaired) electrons. The summed E-state index contributed by atoms with van der Waals surface area (Å²) in [7, 11) is 0. The summed E-state index contributed by atoms with van der Waals surface area (Å²) in [5, 5.41) is 22.2. The molecule has 1 N–H and O–H groups in total. The van der Waals surface area contributed by atoms with Crippen LogP contribution in [0.2, 0.25) is 0 Å². The zero-order valence-corrected chi connectivity index (χ0v) is 19.7. The number of thioether (sulfide) groups is 1. The molecule has 1 aliphatic carbocycles. The highest BCUT2D eigenvalue weighted by molar-refractivity contribution is 7.99. The normalized spacial score (nSPS) is 13.1. The van der Waals surface area contributed by atoms with Gasteiger partial charge in [0.05, 0.1) is 16.9 Å². The third-order valence-corrected chi connectivity index (χ3v) is 7.42. The van der Waals surface area contributed by atoms with E-state index in [0.29, 0.717) is 39.6 Å². The predicted molar refractivity (Wildman–Crippen MR) is 125 cm³/mol. The lowest BCUT2D eigenvalue weighted by Crippen LogP contribution is -2.15. The van der Waals surface area contributed by atoms with Crippen LogP contribution in [0.15, 0.2) is 29.4 Å². The number of anilines is 1. The Morgan fingerprint density at radius 3 is 2.84 bits per heavy atom. The highest BCUT2D eigenvalue weighted by Gasteiger charge is 2.23. The molecule has 0 bridgehead atoms. The van der Waals surface area contributed by atoms with Gasteiger partial charge in [-0.25, -0.2) is 4.39 Å². The molecule has 1 aromatic carbocycles. The van der Waals surface area contributed by atoms with E-state index in [1.54, 1.807) is 18.2 Å². The molecule has 3 aromatic rings. The average Bonchev–Trinajstić information content (AvgIpc) is 3.32. The van der Waals surface area contributed by atoms with Crippen LogP contribution in [-0.4, -0.2) is 26.4 Å². The first-order valence-electron chi connectivity index (χ1n) is 10.6. The van der Waals surface area contributed by atoms with Gasteiger partial charge in [0.1, 0.15) is 16.9 Å². The van der Waals surface area contributed by atoms with Gasteiger partial charge in [-0.3, -0.25) is 4.79 Å². The number of halogens is 1. The second kappa shape index (κ2) is 9.84. The second-order valence-electron chi connectivity index (χ2n) is 8.15. The van der Waals surface area contributed by atoms with E-state index in [4.69, 9.17) is 0 Å². The van der Waals surface area contributed by atoms with Crippen LogP contribution in [0.4, 0.5) is 9.39 Å². The lowest BCUT2D eigenvalue weighted by atomic mass is 9.96. The molecule has 6 nitrogen and oxygen atoms in total. The number of hydrogen-bond acceptors (Lipinski definition) is 6. The molecule has 1 amide bonds. The molecule has 0 spiro atoms. The second-order valence-corrected chi connectivity index (χ2v) is 10.2. The quantitative estimate of drug-likeness (QED) is 0.476. The molecule has 0 fully saturated rings. The number of amides is 1. The van der Waals surface area contributed by atoms with Crippen molar-refractivity contribution in [2.24, 2.45) is 5.92 Å². The van der Waals surface area contributed by atoms with Gasteiger partial charge in [0, 0.05) is 11.4 Å². The van der Waals surface area contributed by atoms with Crippen LogP contribution in [0, 0.1) is 23.1 Å². The van der Waals surface area contributed by atoms with Crippen molar-refractivity contribution in [3.63, 3.8) is 0 Å². The van der Waals surface area contributed by atoms with E-state index in [1.807, 2.05) is 4.57 Å². The van der Waals surface area contributed by atoms with Crippen LogP contribution >= 0.6 is 23.1 Å². The minimum Gasteiger partial charge on any atom is -0.316 e. The Morgan fingerprint density at radius 2 is 2.09 bits per heavy atom. The van der Waals surface area contributed by atoms with Crippen molar-refractivity contribution in [1.29, 1.82) is 5.26 Å². The Bertz CT molecular complexity index is 1180. The molecule has 0 aliphatic heterocycles. The van der Waals surface area contributed by atoms with Crippen LogP contribution in [-0.2, 0) is 24.2 Å². The Hall–Kier alpha value is -2.70. The summed E-state index contributed by atoms with van der Waals surface area (Å²) in [6.45, 7) is 4.74. The minimum atomic E-state index is -0.357. The summed E-state index contributed by atoms with van der Waals surface area (Å²) in [5.74, 6) is 0.320. The number of rotatable bonds is 7. The molecular weight excluding hydrogens is 445 g/mol. The standard InChI is InChI=1S/C23H24FN5OS2/c1-14(2)12-29-21(16-8-3-5-9-18(16)24)27-28-23(29)31-13-20(30)26-22-17(11-25)15-7-4-6-10-19(15)32-22/h3,5,8-9,14H,4,6-7,10,12-13H2,1-2H3,(H,26,30). The van der Waals surface area contributed by atoms with E-state index in [2.05, 4.69) is 35.4 Å². The molecule has 2 aromatic heterocycles. The van der Waals surface area contributed by atoms with E-state index in [0.717, 1.165) is 31.2 Å². The molecule has 1 aliphatic rings. The Balaban J connectivity index is 1.50. The van der Waals surface area contributed by atoms with Crippen molar-refractivity contribution in [3.05, 3.63) is 46.1 Å². The monoisotopic (exact) mass is 469 g/mol. The molecule has 2 heterocycles. The maximum atomic E-state index is 14.4. The molecule has 0 saturated heterocycles. The highest BCUT2D eigenvalue weighted by atomic mass is 32.2. The first-order valence-corrected chi connectivity index (χ1v) is 12.4. The van der Waals surface area contributed by atoms with Gasteiger partial charge in [0.25, 0.3) is 0 Å².